The zero-order valence-corrected chi connectivity index (χ0v) is 11.1. The van der Waals surface area contributed by atoms with E-state index in [0.717, 1.165) is 17.7 Å². The minimum atomic E-state index is -0.875. The average molecular weight is 263 g/mol. The molecular weight excluding hydrogens is 248 g/mol. The Balaban J connectivity index is 2.63. The van der Waals surface area contributed by atoms with Crippen LogP contribution in [-0.4, -0.2) is 17.0 Å². The first-order valence-electron chi connectivity index (χ1n) is 6.07. The van der Waals surface area contributed by atoms with Crippen molar-refractivity contribution in [2.75, 3.05) is 12.4 Å². The second kappa shape index (κ2) is 5.30. The smallest absolute Gasteiger partial charge is 0.159 e. The minimum absolute atomic E-state index is 0.546. The first kappa shape index (κ1) is 13.4. The molecule has 0 saturated carbocycles. The lowest BCUT2D eigenvalue weighted by Crippen LogP contribution is -2.04. The van der Waals surface area contributed by atoms with Gasteiger partial charge in [0.05, 0.1) is 5.69 Å². The number of benzene rings is 1. The van der Waals surface area contributed by atoms with Crippen LogP contribution in [0, 0.1) is 18.6 Å². The predicted molar refractivity (Wildman–Crippen MR) is 71.0 cm³/mol. The molecule has 0 aliphatic carbocycles. The monoisotopic (exact) mass is 263 g/mol. The third kappa shape index (κ3) is 2.54. The third-order valence-corrected chi connectivity index (χ3v) is 2.94. The number of halogens is 2. The maximum Gasteiger partial charge on any atom is 0.159 e. The number of hydrogen-bond acceptors (Lipinski definition) is 3. The van der Waals surface area contributed by atoms with Gasteiger partial charge in [0.2, 0.25) is 0 Å². The second-order valence-corrected chi connectivity index (χ2v) is 4.19. The summed E-state index contributed by atoms with van der Waals surface area (Å²) < 4.78 is 26.3. The van der Waals surface area contributed by atoms with Crippen LogP contribution in [0.4, 0.5) is 14.6 Å². The molecule has 19 heavy (non-hydrogen) atoms. The molecule has 0 aliphatic heterocycles. The van der Waals surface area contributed by atoms with Crippen LogP contribution in [0.25, 0.3) is 11.3 Å². The molecule has 1 N–H and O–H groups in total. The molecule has 3 nitrogen and oxygen atoms in total. The number of aryl methyl sites for hydroxylation is 1. The quantitative estimate of drug-likeness (QED) is 0.923. The van der Waals surface area contributed by atoms with E-state index >= 15 is 0 Å². The van der Waals surface area contributed by atoms with Gasteiger partial charge in [-0.2, -0.15) is 0 Å². The van der Waals surface area contributed by atoms with Gasteiger partial charge in [-0.1, -0.05) is 6.92 Å². The summed E-state index contributed by atoms with van der Waals surface area (Å²) in [6.45, 7) is 3.79. The molecule has 100 valence electrons. The van der Waals surface area contributed by atoms with E-state index in [0.29, 0.717) is 29.3 Å². The molecule has 0 aliphatic rings. The molecule has 2 rings (SSSR count). The molecule has 0 fully saturated rings. The summed E-state index contributed by atoms with van der Waals surface area (Å²) in [7, 11) is 1.77. The Labute approximate surface area is 110 Å². The molecule has 1 aromatic carbocycles. The fourth-order valence-corrected chi connectivity index (χ4v) is 1.89. The number of nitrogens with zero attached hydrogens (tertiary/aromatic N) is 2. The van der Waals surface area contributed by atoms with E-state index in [9.17, 15) is 8.78 Å². The Morgan fingerprint density at radius 1 is 1.16 bits per heavy atom. The Hall–Kier alpha value is -2.04. The lowest BCUT2D eigenvalue weighted by Gasteiger charge is -2.12. The highest BCUT2D eigenvalue weighted by Gasteiger charge is 2.13. The van der Waals surface area contributed by atoms with Crippen molar-refractivity contribution >= 4 is 5.82 Å². The number of nitrogens with one attached hydrogen (secondary N) is 1. The largest absolute Gasteiger partial charge is 0.373 e. The molecule has 5 heteroatoms. The van der Waals surface area contributed by atoms with Gasteiger partial charge in [-0.25, -0.2) is 18.7 Å². The fraction of sp³-hybridized carbons (Fsp3) is 0.286. The van der Waals surface area contributed by atoms with Crippen LogP contribution in [0.2, 0.25) is 0 Å². The zero-order valence-electron chi connectivity index (χ0n) is 11.1. The summed E-state index contributed by atoms with van der Waals surface area (Å²) in [5.74, 6) is -0.374. The van der Waals surface area contributed by atoms with Gasteiger partial charge in [-0.3, -0.25) is 0 Å². The zero-order chi connectivity index (χ0) is 14.0. The Kier molecular flexibility index (Phi) is 3.74. The lowest BCUT2D eigenvalue weighted by molar-refractivity contribution is 0.509. The van der Waals surface area contributed by atoms with E-state index in [-0.39, 0.29) is 0 Å². The molecule has 0 saturated heterocycles. The van der Waals surface area contributed by atoms with Gasteiger partial charge in [0.1, 0.15) is 11.6 Å². The van der Waals surface area contributed by atoms with Crippen molar-refractivity contribution in [3.8, 4) is 11.3 Å². The summed E-state index contributed by atoms with van der Waals surface area (Å²) in [6.07, 6.45) is 0.672. The summed E-state index contributed by atoms with van der Waals surface area (Å²) in [6, 6.07) is 3.78. The van der Waals surface area contributed by atoms with Gasteiger partial charge in [0.25, 0.3) is 0 Å². The van der Waals surface area contributed by atoms with Gasteiger partial charge in [-0.05, 0) is 25.1 Å². The van der Waals surface area contributed by atoms with Crippen LogP contribution in [0.1, 0.15) is 18.3 Å². The van der Waals surface area contributed by atoms with Gasteiger partial charge >= 0.3 is 0 Å². The van der Waals surface area contributed by atoms with Crippen LogP contribution in [0.3, 0.4) is 0 Å². The minimum Gasteiger partial charge on any atom is -0.373 e. The van der Waals surface area contributed by atoms with Crippen molar-refractivity contribution in [2.24, 2.45) is 0 Å². The predicted octanol–water partition coefficient (Wildman–Crippen LogP) is 3.33. The molecule has 0 amide bonds. The summed E-state index contributed by atoms with van der Waals surface area (Å²) in [5.41, 5.74) is 1.98. The van der Waals surface area contributed by atoms with Crippen molar-refractivity contribution in [2.45, 2.75) is 20.3 Å². The van der Waals surface area contributed by atoms with E-state index < -0.39 is 11.6 Å². The van der Waals surface area contributed by atoms with E-state index in [2.05, 4.69) is 15.3 Å². The highest BCUT2D eigenvalue weighted by atomic mass is 19.2. The normalized spacial score (nSPS) is 10.6. The fourth-order valence-electron chi connectivity index (χ4n) is 1.89. The van der Waals surface area contributed by atoms with E-state index in [1.165, 1.54) is 6.07 Å². The first-order valence-corrected chi connectivity index (χ1v) is 6.07. The maximum atomic E-state index is 13.3. The van der Waals surface area contributed by atoms with Gasteiger partial charge < -0.3 is 5.32 Å². The molecule has 1 aromatic heterocycles. The Bertz CT molecular complexity index is 612. The molecule has 0 atom stereocenters. The summed E-state index contributed by atoms with van der Waals surface area (Å²) in [5, 5.41) is 2.99. The molecule has 0 bridgehead atoms. The van der Waals surface area contributed by atoms with Gasteiger partial charge in [0.15, 0.2) is 11.6 Å². The number of rotatable bonds is 3. The third-order valence-electron chi connectivity index (χ3n) is 2.94. The van der Waals surface area contributed by atoms with Crippen molar-refractivity contribution < 1.29 is 8.78 Å². The number of hydrogen-bond donors (Lipinski definition) is 1. The number of aromatic nitrogens is 2. The van der Waals surface area contributed by atoms with E-state index in [1.807, 2.05) is 13.8 Å². The highest BCUT2D eigenvalue weighted by molar-refractivity contribution is 5.68. The molecule has 0 radical (unpaired) electrons. The average Bonchev–Trinajstić information content (AvgIpc) is 2.42. The Morgan fingerprint density at radius 3 is 2.47 bits per heavy atom. The van der Waals surface area contributed by atoms with Crippen LogP contribution in [0.15, 0.2) is 18.2 Å². The van der Waals surface area contributed by atoms with Gasteiger partial charge in [-0.15, -0.1) is 0 Å². The van der Waals surface area contributed by atoms with Crippen LogP contribution >= 0.6 is 0 Å². The Morgan fingerprint density at radius 2 is 1.89 bits per heavy atom. The first-order chi connectivity index (χ1) is 9.06. The summed E-state index contributed by atoms with van der Waals surface area (Å²) >= 11 is 0. The standard InChI is InChI=1S/C14H15F2N3/c1-4-12-18-13(8(2)14(17-3)19-12)9-5-6-10(15)11(16)7-9/h5-7H,4H2,1-3H3,(H,17,18,19). The van der Waals surface area contributed by atoms with Crippen molar-refractivity contribution in [1.29, 1.82) is 0 Å². The molecule has 2 aromatic rings. The van der Waals surface area contributed by atoms with Crippen molar-refractivity contribution in [1.82, 2.24) is 9.97 Å². The van der Waals surface area contributed by atoms with Crippen molar-refractivity contribution in [3.05, 3.63) is 41.2 Å². The molecule has 0 unspecified atom stereocenters. The van der Waals surface area contributed by atoms with Crippen LogP contribution < -0.4 is 5.32 Å². The SMILES string of the molecule is CCc1nc(NC)c(C)c(-c2ccc(F)c(F)c2)n1. The van der Waals surface area contributed by atoms with Crippen LogP contribution in [0.5, 0.6) is 0 Å². The highest BCUT2D eigenvalue weighted by Crippen LogP contribution is 2.26. The lowest BCUT2D eigenvalue weighted by atomic mass is 10.1. The van der Waals surface area contributed by atoms with E-state index in [4.69, 9.17) is 0 Å². The maximum absolute atomic E-state index is 13.3. The second-order valence-electron chi connectivity index (χ2n) is 4.19. The van der Waals surface area contributed by atoms with E-state index in [1.54, 1.807) is 7.05 Å². The van der Waals surface area contributed by atoms with Crippen LogP contribution in [-0.2, 0) is 6.42 Å². The topological polar surface area (TPSA) is 37.8 Å². The summed E-state index contributed by atoms with van der Waals surface area (Å²) in [4.78, 5) is 8.75. The van der Waals surface area contributed by atoms with Gasteiger partial charge in [0, 0.05) is 24.6 Å². The number of anilines is 1. The molecular formula is C14H15F2N3. The molecule has 0 spiro atoms. The molecule has 1 heterocycles. The van der Waals surface area contributed by atoms with Crippen molar-refractivity contribution in [3.63, 3.8) is 0 Å².